The van der Waals surface area contributed by atoms with Gasteiger partial charge in [-0.1, -0.05) is 18.2 Å². The number of carbonyl (C=O) groups excluding carboxylic acids is 2. The van der Waals surface area contributed by atoms with Gasteiger partial charge in [-0.2, -0.15) is 0 Å². The van der Waals surface area contributed by atoms with Gasteiger partial charge >= 0.3 is 0 Å². The fourth-order valence-corrected chi connectivity index (χ4v) is 3.31. The number of fused-ring (bicyclic) bond motifs is 1. The molecular weight excluding hydrogens is 385 g/mol. The number of ether oxygens (including phenoxy) is 1. The van der Waals surface area contributed by atoms with Crippen LogP contribution in [0.3, 0.4) is 0 Å². The maximum atomic E-state index is 13.2. The number of aromatic nitrogens is 1. The number of para-hydroxylation sites is 1. The van der Waals surface area contributed by atoms with E-state index in [4.69, 9.17) is 10.5 Å². The van der Waals surface area contributed by atoms with Crippen LogP contribution in [-0.4, -0.2) is 23.5 Å². The van der Waals surface area contributed by atoms with Crippen molar-refractivity contribution in [2.24, 2.45) is 0 Å². The van der Waals surface area contributed by atoms with Crippen LogP contribution in [0.25, 0.3) is 10.9 Å². The summed E-state index contributed by atoms with van der Waals surface area (Å²) in [6.45, 7) is 0. The Bertz CT molecular complexity index is 1250. The summed E-state index contributed by atoms with van der Waals surface area (Å²) >= 11 is 0. The second-order valence-electron chi connectivity index (χ2n) is 6.61. The highest BCUT2D eigenvalue weighted by molar-refractivity contribution is 6.19. The Morgan fingerprint density at radius 1 is 0.967 bits per heavy atom. The molecule has 1 heterocycles. The summed E-state index contributed by atoms with van der Waals surface area (Å²) in [4.78, 5) is 26.1. The van der Waals surface area contributed by atoms with E-state index >= 15 is 0 Å². The molecule has 0 fully saturated rings. The van der Waals surface area contributed by atoms with Crippen LogP contribution in [0.4, 0.5) is 15.9 Å². The van der Waals surface area contributed by atoms with Crippen LogP contribution < -0.4 is 15.8 Å². The smallest absolute Gasteiger partial charge is 0.263 e. The zero-order valence-corrected chi connectivity index (χ0v) is 16.1. The summed E-state index contributed by atoms with van der Waals surface area (Å²) in [6.07, 6.45) is 0. The van der Waals surface area contributed by atoms with Crippen molar-refractivity contribution in [2.45, 2.75) is 0 Å². The van der Waals surface area contributed by atoms with Gasteiger partial charge in [0.1, 0.15) is 17.4 Å². The van der Waals surface area contributed by atoms with Gasteiger partial charge in [0.25, 0.3) is 11.8 Å². The molecule has 0 aliphatic carbocycles. The van der Waals surface area contributed by atoms with Crippen molar-refractivity contribution in [1.82, 2.24) is 4.57 Å². The zero-order valence-electron chi connectivity index (χ0n) is 16.1. The molecule has 0 atom stereocenters. The lowest BCUT2D eigenvalue weighted by atomic mass is 10.1. The first-order valence-electron chi connectivity index (χ1n) is 9.14. The van der Waals surface area contributed by atoms with Crippen LogP contribution in [0, 0.1) is 5.82 Å². The molecule has 0 spiro atoms. The van der Waals surface area contributed by atoms with Gasteiger partial charge in [-0.25, -0.2) is 4.39 Å². The van der Waals surface area contributed by atoms with Gasteiger partial charge in [-0.3, -0.25) is 14.2 Å². The van der Waals surface area contributed by atoms with Crippen molar-refractivity contribution >= 4 is 34.2 Å². The molecule has 0 radical (unpaired) electrons. The molecular formula is C23H18FN3O3. The number of anilines is 2. The number of nitrogen functional groups attached to an aromatic ring is 1. The molecule has 1 aromatic heterocycles. The third-order valence-electron chi connectivity index (χ3n) is 4.78. The van der Waals surface area contributed by atoms with E-state index in [1.54, 1.807) is 55.6 Å². The van der Waals surface area contributed by atoms with Crippen LogP contribution in [0.2, 0.25) is 0 Å². The Hall–Kier alpha value is -4.13. The number of amides is 1. The molecule has 3 N–H and O–H groups in total. The Labute approximate surface area is 171 Å². The fourth-order valence-electron chi connectivity index (χ4n) is 3.31. The summed E-state index contributed by atoms with van der Waals surface area (Å²) in [5.41, 5.74) is 7.77. The van der Waals surface area contributed by atoms with Crippen molar-refractivity contribution in [3.8, 4) is 5.75 Å². The molecule has 0 unspecified atom stereocenters. The normalized spacial score (nSPS) is 10.7. The molecule has 4 aromatic rings. The lowest BCUT2D eigenvalue weighted by molar-refractivity contribution is 0.0967. The summed E-state index contributed by atoms with van der Waals surface area (Å²) < 4.78 is 19.6. The lowest BCUT2D eigenvalue weighted by Gasteiger charge is -2.08. The van der Waals surface area contributed by atoms with Gasteiger partial charge in [0.05, 0.1) is 18.2 Å². The number of hydrogen-bond acceptors (Lipinski definition) is 4. The first kappa shape index (κ1) is 19.2. The minimum atomic E-state index is -0.452. The average Bonchev–Trinajstić information content (AvgIpc) is 3.06. The minimum Gasteiger partial charge on any atom is -0.497 e. The number of rotatable bonds is 4. The number of carbonyl (C=O) groups is 2. The molecule has 1 amide bonds. The van der Waals surface area contributed by atoms with Gasteiger partial charge < -0.3 is 15.8 Å². The summed E-state index contributed by atoms with van der Waals surface area (Å²) in [6, 6.07) is 19.0. The van der Waals surface area contributed by atoms with E-state index < -0.39 is 17.6 Å². The first-order chi connectivity index (χ1) is 14.5. The van der Waals surface area contributed by atoms with E-state index in [-0.39, 0.29) is 16.9 Å². The number of nitrogens with two attached hydrogens (primary N) is 1. The number of nitrogens with zero attached hydrogens (tertiary/aromatic N) is 1. The predicted molar refractivity (Wildman–Crippen MR) is 113 cm³/mol. The lowest BCUT2D eigenvalue weighted by Crippen LogP contribution is -2.18. The molecule has 0 saturated carbocycles. The van der Waals surface area contributed by atoms with Crippen molar-refractivity contribution in [2.75, 3.05) is 18.2 Å². The Balaban J connectivity index is 1.77. The second-order valence-corrected chi connectivity index (χ2v) is 6.61. The maximum Gasteiger partial charge on any atom is 0.263 e. The minimum absolute atomic E-state index is 0.0107. The van der Waals surface area contributed by atoms with Crippen LogP contribution in [0.1, 0.15) is 20.7 Å². The van der Waals surface area contributed by atoms with Crippen molar-refractivity contribution in [3.05, 3.63) is 89.7 Å². The highest BCUT2D eigenvalue weighted by Gasteiger charge is 2.24. The van der Waals surface area contributed by atoms with Crippen molar-refractivity contribution in [1.29, 1.82) is 0 Å². The van der Waals surface area contributed by atoms with Crippen LogP contribution >= 0.6 is 0 Å². The van der Waals surface area contributed by atoms with Gasteiger partial charge in [0, 0.05) is 16.6 Å². The molecule has 7 heteroatoms. The van der Waals surface area contributed by atoms with E-state index in [1.165, 1.54) is 28.8 Å². The van der Waals surface area contributed by atoms with E-state index in [2.05, 4.69) is 5.32 Å². The van der Waals surface area contributed by atoms with Crippen LogP contribution in [0.5, 0.6) is 5.75 Å². The number of hydrogen-bond donors (Lipinski definition) is 2. The monoisotopic (exact) mass is 403 g/mol. The molecule has 30 heavy (non-hydrogen) atoms. The molecule has 0 bridgehead atoms. The van der Waals surface area contributed by atoms with E-state index in [9.17, 15) is 14.0 Å². The highest BCUT2D eigenvalue weighted by atomic mass is 19.1. The van der Waals surface area contributed by atoms with Crippen molar-refractivity contribution in [3.63, 3.8) is 0 Å². The van der Waals surface area contributed by atoms with Gasteiger partial charge in [-0.15, -0.1) is 0 Å². The first-order valence-corrected chi connectivity index (χ1v) is 9.14. The third-order valence-corrected chi connectivity index (χ3v) is 4.78. The van der Waals surface area contributed by atoms with E-state index in [1.807, 2.05) is 0 Å². The van der Waals surface area contributed by atoms with E-state index in [0.29, 0.717) is 22.3 Å². The summed E-state index contributed by atoms with van der Waals surface area (Å²) in [7, 11) is 1.56. The largest absolute Gasteiger partial charge is 0.497 e. The molecule has 0 aliphatic heterocycles. The number of methoxy groups -OCH3 is 1. The molecule has 0 saturated heterocycles. The average molecular weight is 403 g/mol. The summed E-state index contributed by atoms with van der Waals surface area (Å²) in [5, 5.41) is 3.33. The number of benzene rings is 3. The Kier molecular flexibility index (Phi) is 4.93. The predicted octanol–water partition coefficient (Wildman–Crippen LogP) is 4.31. The van der Waals surface area contributed by atoms with Crippen molar-refractivity contribution < 1.29 is 18.7 Å². The highest BCUT2D eigenvalue weighted by Crippen LogP contribution is 2.30. The van der Waals surface area contributed by atoms with Crippen LogP contribution in [-0.2, 0) is 0 Å². The number of nitrogens with one attached hydrogen (secondary N) is 1. The second kappa shape index (κ2) is 7.71. The standard InChI is InChI=1S/C23H18FN3O3/c1-30-17-12-10-16(11-13-17)26-22(28)20-18-4-2-3-5-19(18)27(21(20)25)23(29)14-6-8-15(24)9-7-14/h2-13H,25H2,1H3,(H,26,28). The van der Waals surface area contributed by atoms with E-state index in [0.717, 1.165) is 0 Å². The molecule has 150 valence electrons. The summed E-state index contributed by atoms with van der Waals surface area (Å²) in [5.74, 6) is -0.672. The molecule has 0 aliphatic rings. The molecule has 4 rings (SSSR count). The SMILES string of the molecule is COc1ccc(NC(=O)c2c(N)n(C(=O)c3ccc(F)cc3)c3ccccc23)cc1. The van der Waals surface area contributed by atoms with Gasteiger partial charge in [0.15, 0.2) is 0 Å². The molecule has 3 aromatic carbocycles. The Morgan fingerprint density at radius 2 is 1.63 bits per heavy atom. The van der Waals surface area contributed by atoms with Gasteiger partial charge in [-0.05, 0) is 54.6 Å². The maximum absolute atomic E-state index is 13.2. The topological polar surface area (TPSA) is 86.3 Å². The van der Waals surface area contributed by atoms with Crippen LogP contribution in [0.15, 0.2) is 72.8 Å². The zero-order chi connectivity index (χ0) is 21.3. The fraction of sp³-hybridized carbons (Fsp3) is 0.0435. The Morgan fingerprint density at radius 3 is 2.30 bits per heavy atom. The van der Waals surface area contributed by atoms with Gasteiger partial charge in [0.2, 0.25) is 0 Å². The quantitative estimate of drug-likeness (QED) is 0.532. The number of halogens is 1. The molecule has 6 nitrogen and oxygen atoms in total. The third kappa shape index (κ3) is 3.37.